The maximum absolute atomic E-state index is 9.11. The van der Waals surface area contributed by atoms with E-state index in [4.69, 9.17) is 5.26 Å². The smallest absolute Gasteiger partial charge is 0.0728 e. The number of nitrogens with zero attached hydrogens (tertiary/aromatic N) is 2. The molecule has 0 N–H and O–H groups in total. The Kier molecular flexibility index (Phi) is 2.74. The molecule has 1 atom stereocenters. The van der Waals surface area contributed by atoms with Crippen LogP contribution in [0.1, 0.15) is 32.6 Å². The zero-order valence-corrected chi connectivity index (χ0v) is 8.30. The molecule has 0 radical (unpaired) electrons. The molecule has 0 aromatic heterocycles. The molecule has 0 heterocycles. The van der Waals surface area contributed by atoms with Crippen LogP contribution in [0, 0.1) is 16.7 Å². The van der Waals surface area contributed by atoms with Crippen LogP contribution in [0.3, 0.4) is 0 Å². The van der Waals surface area contributed by atoms with E-state index in [1.54, 1.807) is 0 Å². The van der Waals surface area contributed by atoms with Gasteiger partial charge in [0.2, 0.25) is 0 Å². The van der Waals surface area contributed by atoms with Crippen LogP contribution in [-0.4, -0.2) is 25.0 Å². The summed E-state index contributed by atoms with van der Waals surface area (Å²) in [4.78, 5) is 2.20. The minimum atomic E-state index is -0.0156. The van der Waals surface area contributed by atoms with Gasteiger partial charge in [0.1, 0.15) is 0 Å². The highest BCUT2D eigenvalue weighted by molar-refractivity contribution is 5.10. The van der Waals surface area contributed by atoms with E-state index in [0.29, 0.717) is 6.04 Å². The summed E-state index contributed by atoms with van der Waals surface area (Å²) >= 11 is 0. The molecule has 12 heavy (non-hydrogen) atoms. The van der Waals surface area contributed by atoms with Crippen LogP contribution in [0.15, 0.2) is 0 Å². The molecule has 1 fully saturated rings. The predicted molar refractivity (Wildman–Crippen MR) is 49.7 cm³/mol. The Bertz CT molecular complexity index is 187. The third kappa shape index (κ3) is 1.34. The summed E-state index contributed by atoms with van der Waals surface area (Å²) in [5, 5.41) is 9.11. The van der Waals surface area contributed by atoms with Crippen molar-refractivity contribution in [1.82, 2.24) is 4.90 Å². The lowest BCUT2D eigenvalue weighted by Gasteiger charge is -2.44. The maximum Gasteiger partial charge on any atom is 0.0728 e. The Hall–Kier alpha value is -0.550. The van der Waals surface area contributed by atoms with E-state index in [1.807, 2.05) is 0 Å². The fourth-order valence-corrected chi connectivity index (χ4v) is 2.33. The van der Waals surface area contributed by atoms with E-state index in [2.05, 4.69) is 32.0 Å². The first-order chi connectivity index (χ1) is 5.66. The topological polar surface area (TPSA) is 27.0 Å². The van der Waals surface area contributed by atoms with Gasteiger partial charge in [0, 0.05) is 6.04 Å². The molecule has 0 bridgehead atoms. The fourth-order valence-electron chi connectivity index (χ4n) is 2.33. The van der Waals surface area contributed by atoms with Gasteiger partial charge in [-0.2, -0.15) is 5.26 Å². The molecular weight excluding hydrogens is 148 g/mol. The molecule has 1 rings (SSSR count). The lowest BCUT2D eigenvalue weighted by molar-refractivity contribution is 0.0725. The van der Waals surface area contributed by atoms with Crippen molar-refractivity contribution < 1.29 is 0 Å². The van der Waals surface area contributed by atoms with Crippen molar-refractivity contribution in [2.75, 3.05) is 14.1 Å². The van der Waals surface area contributed by atoms with Gasteiger partial charge < -0.3 is 4.90 Å². The summed E-state index contributed by atoms with van der Waals surface area (Å²) in [5.74, 6) is 0. The molecule has 1 aliphatic rings. The second-order valence-corrected chi connectivity index (χ2v) is 4.01. The maximum atomic E-state index is 9.11. The van der Waals surface area contributed by atoms with E-state index in [1.165, 1.54) is 6.42 Å². The molecule has 1 aliphatic carbocycles. The predicted octanol–water partition coefficient (Wildman–Crippen LogP) is 2.02. The van der Waals surface area contributed by atoms with Crippen LogP contribution in [0.5, 0.6) is 0 Å². The average Bonchev–Trinajstić information content (AvgIpc) is 1.95. The fraction of sp³-hybridized carbons (Fsp3) is 0.900. The van der Waals surface area contributed by atoms with Crippen LogP contribution in [0.25, 0.3) is 0 Å². The molecule has 2 heteroatoms. The minimum Gasteiger partial charge on any atom is -0.305 e. The molecule has 0 aliphatic heterocycles. The van der Waals surface area contributed by atoms with Crippen molar-refractivity contribution >= 4 is 0 Å². The van der Waals surface area contributed by atoms with Crippen molar-refractivity contribution in [2.24, 2.45) is 5.41 Å². The second-order valence-electron chi connectivity index (χ2n) is 4.01. The lowest BCUT2D eigenvalue weighted by atomic mass is 9.64. The van der Waals surface area contributed by atoms with Crippen LogP contribution < -0.4 is 0 Å². The molecule has 1 saturated carbocycles. The first kappa shape index (κ1) is 9.54. The highest BCUT2D eigenvalue weighted by Crippen LogP contribution is 2.45. The summed E-state index contributed by atoms with van der Waals surface area (Å²) in [6, 6.07) is 2.96. The van der Waals surface area contributed by atoms with Gasteiger partial charge in [-0.05, 0) is 33.4 Å². The van der Waals surface area contributed by atoms with E-state index in [0.717, 1.165) is 19.3 Å². The van der Waals surface area contributed by atoms with Crippen LogP contribution in [-0.2, 0) is 0 Å². The van der Waals surface area contributed by atoms with E-state index < -0.39 is 0 Å². The number of hydrogen-bond acceptors (Lipinski definition) is 2. The molecular formula is C10H18N2. The first-order valence-electron chi connectivity index (χ1n) is 4.74. The van der Waals surface area contributed by atoms with Crippen molar-refractivity contribution in [3.8, 4) is 6.07 Å². The molecule has 0 saturated heterocycles. The van der Waals surface area contributed by atoms with Gasteiger partial charge in [-0.15, -0.1) is 0 Å². The summed E-state index contributed by atoms with van der Waals surface area (Å²) < 4.78 is 0. The van der Waals surface area contributed by atoms with Gasteiger partial charge in [0.15, 0.2) is 0 Å². The number of hydrogen-bond donors (Lipinski definition) is 0. The van der Waals surface area contributed by atoms with Crippen molar-refractivity contribution in [2.45, 2.75) is 38.6 Å². The van der Waals surface area contributed by atoms with Crippen LogP contribution in [0.2, 0.25) is 0 Å². The zero-order chi connectivity index (χ0) is 9.19. The lowest BCUT2D eigenvalue weighted by Crippen LogP contribution is -2.47. The first-order valence-corrected chi connectivity index (χ1v) is 4.74. The Labute approximate surface area is 75.2 Å². The average molecular weight is 166 g/mol. The molecule has 0 aromatic carbocycles. The van der Waals surface area contributed by atoms with E-state index >= 15 is 0 Å². The Morgan fingerprint density at radius 1 is 1.50 bits per heavy atom. The summed E-state index contributed by atoms with van der Waals surface area (Å²) in [6.07, 6.45) is 4.51. The van der Waals surface area contributed by atoms with Crippen LogP contribution in [0.4, 0.5) is 0 Å². The van der Waals surface area contributed by atoms with Crippen molar-refractivity contribution in [3.05, 3.63) is 0 Å². The van der Waals surface area contributed by atoms with Gasteiger partial charge in [-0.25, -0.2) is 0 Å². The van der Waals surface area contributed by atoms with Gasteiger partial charge >= 0.3 is 0 Å². The molecule has 68 valence electrons. The third-order valence-electron chi connectivity index (χ3n) is 3.12. The van der Waals surface area contributed by atoms with Gasteiger partial charge in [0.25, 0.3) is 0 Å². The van der Waals surface area contributed by atoms with Gasteiger partial charge in [0.05, 0.1) is 11.5 Å². The molecule has 0 spiro atoms. The SMILES string of the molecule is CCC(N(C)C)C1(C#N)CCC1. The monoisotopic (exact) mass is 166 g/mol. The van der Waals surface area contributed by atoms with Crippen LogP contribution >= 0.6 is 0 Å². The van der Waals surface area contributed by atoms with E-state index in [9.17, 15) is 0 Å². The Balaban J connectivity index is 2.70. The summed E-state index contributed by atoms with van der Waals surface area (Å²) in [5.41, 5.74) is -0.0156. The number of rotatable bonds is 3. The quantitative estimate of drug-likeness (QED) is 0.641. The molecule has 0 amide bonds. The highest BCUT2D eigenvalue weighted by Gasteiger charge is 2.44. The zero-order valence-electron chi connectivity index (χ0n) is 8.30. The molecule has 0 aromatic rings. The minimum absolute atomic E-state index is 0.0156. The molecule has 1 unspecified atom stereocenters. The molecule has 2 nitrogen and oxygen atoms in total. The third-order valence-corrected chi connectivity index (χ3v) is 3.12. The van der Waals surface area contributed by atoms with Gasteiger partial charge in [-0.1, -0.05) is 13.3 Å². The van der Waals surface area contributed by atoms with E-state index in [-0.39, 0.29) is 5.41 Å². The summed E-state index contributed by atoms with van der Waals surface area (Å²) in [6.45, 7) is 2.17. The standard InChI is InChI=1S/C10H18N2/c1-4-9(12(2)3)10(8-11)6-5-7-10/h9H,4-7H2,1-3H3. The van der Waals surface area contributed by atoms with Crippen molar-refractivity contribution in [1.29, 1.82) is 5.26 Å². The largest absolute Gasteiger partial charge is 0.305 e. The highest BCUT2D eigenvalue weighted by atomic mass is 15.1. The Morgan fingerprint density at radius 3 is 2.17 bits per heavy atom. The van der Waals surface area contributed by atoms with Gasteiger partial charge in [-0.3, -0.25) is 0 Å². The Morgan fingerprint density at radius 2 is 2.08 bits per heavy atom. The number of nitriles is 1. The normalized spacial score (nSPS) is 22.9. The summed E-state index contributed by atoms with van der Waals surface area (Å²) in [7, 11) is 4.15. The van der Waals surface area contributed by atoms with Crippen molar-refractivity contribution in [3.63, 3.8) is 0 Å². The second kappa shape index (κ2) is 3.45.